The Morgan fingerprint density at radius 2 is 1.84 bits per heavy atom. The Bertz CT molecular complexity index is 595. The molecular formula is C20H29ClN2O2. The molecule has 0 bridgehead atoms. The third-order valence-corrected chi connectivity index (χ3v) is 6.99. The van der Waals surface area contributed by atoms with Crippen molar-refractivity contribution in [2.75, 3.05) is 19.6 Å². The number of allylic oxidation sites excluding steroid dienone is 3. The first-order valence-corrected chi connectivity index (χ1v) is 10.3. The van der Waals surface area contributed by atoms with Crippen LogP contribution in [0.25, 0.3) is 0 Å². The van der Waals surface area contributed by atoms with Crippen molar-refractivity contribution in [2.24, 2.45) is 5.41 Å². The van der Waals surface area contributed by atoms with Gasteiger partial charge in [-0.2, -0.15) is 0 Å². The first kappa shape index (κ1) is 17.4. The van der Waals surface area contributed by atoms with E-state index in [9.17, 15) is 9.90 Å². The summed E-state index contributed by atoms with van der Waals surface area (Å²) in [6, 6.07) is 0.336. The van der Waals surface area contributed by atoms with Crippen LogP contribution in [0.4, 0.5) is 0 Å². The molecule has 4 rings (SSSR count). The number of likely N-dealkylation sites (tertiary alicyclic amines) is 2. The van der Waals surface area contributed by atoms with Gasteiger partial charge in [-0.25, -0.2) is 0 Å². The van der Waals surface area contributed by atoms with E-state index in [0.29, 0.717) is 11.9 Å². The van der Waals surface area contributed by atoms with E-state index in [4.69, 9.17) is 11.6 Å². The third-order valence-electron chi connectivity index (χ3n) is 6.64. The number of halogens is 1. The Kier molecular flexibility index (Phi) is 4.85. The van der Waals surface area contributed by atoms with Gasteiger partial charge in [-0.1, -0.05) is 23.8 Å². The number of piperidine rings is 1. The number of hydrogen-bond donors (Lipinski definition) is 1. The highest BCUT2D eigenvalue weighted by Crippen LogP contribution is 2.44. The Balaban J connectivity index is 1.47. The van der Waals surface area contributed by atoms with Crippen LogP contribution in [-0.4, -0.2) is 52.6 Å². The summed E-state index contributed by atoms with van der Waals surface area (Å²) in [5.41, 5.74) is 0.920. The van der Waals surface area contributed by atoms with Gasteiger partial charge in [0.1, 0.15) is 0 Å². The number of rotatable bonds is 2. The first-order chi connectivity index (χ1) is 12.1. The van der Waals surface area contributed by atoms with Crippen LogP contribution < -0.4 is 0 Å². The van der Waals surface area contributed by atoms with Crippen molar-refractivity contribution in [3.8, 4) is 0 Å². The fourth-order valence-corrected chi connectivity index (χ4v) is 5.50. The minimum absolute atomic E-state index is 0.166. The van der Waals surface area contributed by atoms with Gasteiger partial charge < -0.3 is 14.9 Å². The molecule has 1 amide bonds. The summed E-state index contributed by atoms with van der Waals surface area (Å²) >= 11 is 6.44. The van der Waals surface area contributed by atoms with Crippen molar-refractivity contribution < 1.29 is 9.90 Å². The average molecular weight is 365 g/mol. The summed E-state index contributed by atoms with van der Waals surface area (Å²) in [7, 11) is 0. The standard InChI is InChI=1S/C20H29ClN2O2/c21-17-4-1-2-5-18(17)22-12-3-10-20(14-22)11-13-23(19(20)25)15-6-8-16(24)9-7-15/h4-5,15-16,24H,1-3,6-14H2/t15?,16?,20-/m1/s1. The Labute approximate surface area is 155 Å². The zero-order valence-electron chi connectivity index (χ0n) is 14.9. The SMILES string of the molecule is O=C1N(C2CCC(O)CC2)CC[C@@]12CCCN(C1=CCCC=C1Cl)C2. The summed E-state index contributed by atoms with van der Waals surface area (Å²) in [5.74, 6) is 0.357. The van der Waals surface area contributed by atoms with Gasteiger partial charge >= 0.3 is 0 Å². The normalized spacial score (nSPS) is 36.6. The molecule has 1 spiro atoms. The highest BCUT2D eigenvalue weighted by Gasteiger charge is 2.50. The molecule has 3 fully saturated rings. The van der Waals surface area contributed by atoms with Gasteiger partial charge in [-0.05, 0) is 57.8 Å². The number of aliphatic hydroxyl groups is 1. The second kappa shape index (κ2) is 6.96. The molecule has 1 N–H and O–H groups in total. The fraction of sp³-hybridized carbons (Fsp3) is 0.750. The lowest BCUT2D eigenvalue weighted by Crippen LogP contribution is -2.49. The van der Waals surface area contributed by atoms with Crippen molar-refractivity contribution in [1.82, 2.24) is 9.80 Å². The maximum atomic E-state index is 13.3. The molecule has 1 saturated carbocycles. The minimum atomic E-state index is -0.218. The maximum absolute atomic E-state index is 13.3. The number of nitrogens with zero attached hydrogens (tertiary/aromatic N) is 2. The number of carbonyl (C=O) groups is 1. The smallest absolute Gasteiger partial charge is 0.230 e. The zero-order chi connectivity index (χ0) is 17.4. The highest BCUT2D eigenvalue weighted by atomic mass is 35.5. The van der Waals surface area contributed by atoms with Gasteiger partial charge in [0.2, 0.25) is 5.91 Å². The number of hydrogen-bond acceptors (Lipinski definition) is 3. The fourth-order valence-electron chi connectivity index (χ4n) is 5.19. The second-order valence-electron chi connectivity index (χ2n) is 8.24. The van der Waals surface area contributed by atoms with Crippen molar-refractivity contribution in [3.05, 3.63) is 22.9 Å². The van der Waals surface area contributed by atoms with Gasteiger partial charge in [0.15, 0.2) is 0 Å². The average Bonchev–Trinajstić information content (AvgIpc) is 2.92. The molecule has 0 aromatic heterocycles. The predicted molar refractivity (Wildman–Crippen MR) is 99.1 cm³/mol. The van der Waals surface area contributed by atoms with E-state index in [1.165, 1.54) is 0 Å². The lowest BCUT2D eigenvalue weighted by molar-refractivity contribution is -0.141. The highest BCUT2D eigenvalue weighted by molar-refractivity contribution is 6.32. The summed E-state index contributed by atoms with van der Waals surface area (Å²) in [6.45, 7) is 2.70. The van der Waals surface area contributed by atoms with Crippen LogP contribution in [0.2, 0.25) is 0 Å². The molecule has 4 aliphatic rings. The Morgan fingerprint density at radius 3 is 2.60 bits per heavy atom. The van der Waals surface area contributed by atoms with Gasteiger partial charge in [-0.15, -0.1) is 0 Å². The van der Waals surface area contributed by atoms with Gasteiger partial charge in [0, 0.05) is 25.7 Å². The van der Waals surface area contributed by atoms with E-state index in [0.717, 1.165) is 88.2 Å². The number of aliphatic hydroxyl groups excluding tert-OH is 1. The van der Waals surface area contributed by atoms with E-state index in [2.05, 4.69) is 22.0 Å². The first-order valence-electron chi connectivity index (χ1n) is 9.89. The van der Waals surface area contributed by atoms with Gasteiger partial charge in [-0.3, -0.25) is 4.79 Å². The molecule has 2 saturated heterocycles. The molecule has 2 aliphatic carbocycles. The van der Waals surface area contributed by atoms with E-state index >= 15 is 0 Å². The Morgan fingerprint density at radius 1 is 1.08 bits per heavy atom. The van der Waals surface area contributed by atoms with Crippen molar-refractivity contribution in [1.29, 1.82) is 0 Å². The van der Waals surface area contributed by atoms with Crippen molar-refractivity contribution in [2.45, 2.75) is 69.9 Å². The van der Waals surface area contributed by atoms with Crippen LogP contribution in [0, 0.1) is 5.41 Å². The Hall–Kier alpha value is -1.00. The predicted octanol–water partition coefficient (Wildman–Crippen LogP) is 3.40. The van der Waals surface area contributed by atoms with Gasteiger partial charge in [0.05, 0.1) is 22.2 Å². The number of carbonyl (C=O) groups excluding carboxylic acids is 1. The third kappa shape index (κ3) is 3.23. The summed E-state index contributed by atoms with van der Waals surface area (Å²) < 4.78 is 0. The van der Waals surface area contributed by atoms with E-state index in [-0.39, 0.29) is 11.5 Å². The molecule has 0 unspecified atom stereocenters. The molecule has 1 atom stereocenters. The van der Waals surface area contributed by atoms with Crippen LogP contribution in [0.15, 0.2) is 22.9 Å². The minimum Gasteiger partial charge on any atom is -0.393 e. The second-order valence-corrected chi connectivity index (χ2v) is 8.64. The molecule has 138 valence electrons. The van der Waals surface area contributed by atoms with Crippen LogP contribution in [0.5, 0.6) is 0 Å². The van der Waals surface area contributed by atoms with E-state index < -0.39 is 0 Å². The maximum Gasteiger partial charge on any atom is 0.230 e. The van der Waals surface area contributed by atoms with Crippen LogP contribution in [0.3, 0.4) is 0 Å². The topological polar surface area (TPSA) is 43.8 Å². The molecular weight excluding hydrogens is 336 g/mol. The quantitative estimate of drug-likeness (QED) is 0.816. The summed E-state index contributed by atoms with van der Waals surface area (Å²) in [4.78, 5) is 17.8. The van der Waals surface area contributed by atoms with Crippen LogP contribution in [-0.2, 0) is 4.79 Å². The monoisotopic (exact) mass is 364 g/mol. The molecule has 5 heteroatoms. The van der Waals surface area contributed by atoms with Crippen molar-refractivity contribution >= 4 is 17.5 Å². The van der Waals surface area contributed by atoms with Crippen molar-refractivity contribution in [3.63, 3.8) is 0 Å². The largest absolute Gasteiger partial charge is 0.393 e. The number of amides is 1. The van der Waals surface area contributed by atoms with Crippen LogP contribution >= 0.6 is 11.6 Å². The lowest BCUT2D eigenvalue weighted by Gasteiger charge is -2.42. The van der Waals surface area contributed by atoms with E-state index in [1.54, 1.807) is 0 Å². The molecule has 2 heterocycles. The molecule has 0 aromatic rings. The van der Waals surface area contributed by atoms with Gasteiger partial charge in [0.25, 0.3) is 0 Å². The lowest BCUT2D eigenvalue weighted by atomic mass is 9.78. The molecule has 2 aliphatic heterocycles. The molecule has 4 nitrogen and oxygen atoms in total. The summed E-state index contributed by atoms with van der Waals surface area (Å²) in [5, 5.41) is 10.6. The van der Waals surface area contributed by atoms with Crippen LogP contribution in [0.1, 0.15) is 57.8 Å². The molecule has 25 heavy (non-hydrogen) atoms. The molecule has 0 aromatic carbocycles. The zero-order valence-corrected chi connectivity index (χ0v) is 15.7. The summed E-state index contributed by atoms with van der Waals surface area (Å²) in [6.07, 6.45) is 12.8. The molecule has 0 radical (unpaired) electrons. The van der Waals surface area contributed by atoms with E-state index in [1.807, 2.05) is 0 Å².